The number of nitrogens with two attached hydrogens (primary N) is 1. The number of carbonyl (C=O) groups is 1. The van der Waals surface area contributed by atoms with Crippen LogP contribution in [0.1, 0.15) is 27.2 Å². The Hall–Kier alpha value is -0.690. The number of hydrogen-bond acceptors (Lipinski definition) is 5. The topological polar surface area (TPSA) is 108 Å². The van der Waals surface area contributed by atoms with Gasteiger partial charge in [0.15, 0.2) is 0 Å². The molecule has 6 heteroatoms. The second-order valence-corrected chi connectivity index (χ2v) is 4.12. The van der Waals surface area contributed by atoms with Crippen LogP contribution in [0.15, 0.2) is 0 Å². The van der Waals surface area contributed by atoms with Crippen molar-refractivity contribution < 1.29 is 15.0 Å². The maximum Gasteiger partial charge on any atom is 0.239 e. The smallest absolute Gasteiger partial charge is 0.239 e. The third-order valence-corrected chi connectivity index (χ3v) is 2.79. The third-order valence-electron chi connectivity index (χ3n) is 2.79. The Morgan fingerprint density at radius 3 is 2.31 bits per heavy atom. The maximum absolute atomic E-state index is 11.2. The van der Waals surface area contributed by atoms with Crippen LogP contribution in [-0.2, 0) is 4.79 Å². The van der Waals surface area contributed by atoms with E-state index in [1.54, 1.807) is 0 Å². The van der Waals surface area contributed by atoms with Crippen LogP contribution in [0.5, 0.6) is 0 Å². The number of likely N-dealkylation sites (N-methyl/N-ethyl adjacent to an activating group) is 1. The lowest BCUT2D eigenvalue weighted by Crippen LogP contribution is -2.64. The monoisotopic (exact) mass is 233 g/mol. The van der Waals surface area contributed by atoms with Crippen LogP contribution in [-0.4, -0.2) is 41.2 Å². The van der Waals surface area contributed by atoms with E-state index in [9.17, 15) is 15.0 Å². The van der Waals surface area contributed by atoms with Gasteiger partial charge < -0.3 is 21.3 Å². The molecule has 16 heavy (non-hydrogen) atoms. The molecule has 0 saturated heterocycles. The van der Waals surface area contributed by atoms with E-state index in [2.05, 4.69) is 10.6 Å². The van der Waals surface area contributed by atoms with Crippen molar-refractivity contribution in [3.63, 3.8) is 0 Å². The van der Waals surface area contributed by atoms with Gasteiger partial charge in [-0.3, -0.25) is 10.1 Å². The lowest BCUT2D eigenvalue weighted by Gasteiger charge is -2.34. The highest BCUT2D eigenvalue weighted by Crippen LogP contribution is 2.14. The summed E-state index contributed by atoms with van der Waals surface area (Å²) in [4.78, 5) is 11.2. The summed E-state index contributed by atoms with van der Waals surface area (Å²) in [5, 5.41) is 24.3. The van der Waals surface area contributed by atoms with E-state index in [0.29, 0.717) is 0 Å². The van der Waals surface area contributed by atoms with E-state index < -0.39 is 18.0 Å². The van der Waals surface area contributed by atoms with Crippen LogP contribution in [0.25, 0.3) is 0 Å². The summed E-state index contributed by atoms with van der Waals surface area (Å²) in [7, 11) is 1.48. The molecule has 0 aliphatic heterocycles. The normalized spacial score (nSPS) is 17.7. The van der Waals surface area contributed by atoms with Crippen LogP contribution in [0, 0.1) is 5.92 Å². The molecule has 3 atom stereocenters. The molecular weight excluding hydrogens is 210 g/mol. The summed E-state index contributed by atoms with van der Waals surface area (Å²) in [6.07, 6.45) is 0.722. The molecule has 96 valence electrons. The van der Waals surface area contributed by atoms with Gasteiger partial charge in [-0.1, -0.05) is 20.3 Å². The molecule has 0 unspecified atom stereocenters. The molecule has 0 aliphatic carbocycles. The standard InChI is InChI=1S/C10H23N3O3/c1-5-6(2)8(11)10(15,16)13-7(3)9(14)12-4/h6-8,13,15-16H,5,11H2,1-4H3,(H,12,14)/t6-,7-,8-/m0/s1. The fraction of sp³-hybridized carbons (Fsp3) is 0.900. The summed E-state index contributed by atoms with van der Waals surface area (Å²) in [5.74, 6) is -2.65. The van der Waals surface area contributed by atoms with E-state index in [1.165, 1.54) is 14.0 Å². The summed E-state index contributed by atoms with van der Waals surface area (Å²) >= 11 is 0. The second-order valence-electron chi connectivity index (χ2n) is 4.12. The molecule has 0 spiro atoms. The van der Waals surface area contributed by atoms with E-state index in [0.717, 1.165) is 6.42 Å². The Bertz CT molecular complexity index is 233. The van der Waals surface area contributed by atoms with Gasteiger partial charge in [-0.05, 0) is 12.8 Å². The number of aliphatic hydroxyl groups is 2. The molecule has 1 amide bonds. The summed E-state index contributed by atoms with van der Waals surface area (Å²) in [5.41, 5.74) is 5.70. The molecule has 0 aromatic heterocycles. The molecule has 0 fully saturated rings. The third kappa shape index (κ3) is 4.05. The van der Waals surface area contributed by atoms with Crippen molar-refractivity contribution in [2.24, 2.45) is 11.7 Å². The first-order chi connectivity index (χ1) is 7.26. The average Bonchev–Trinajstić information content (AvgIpc) is 2.24. The number of carbonyl (C=O) groups excluding carboxylic acids is 1. The van der Waals surface area contributed by atoms with Gasteiger partial charge in [0.05, 0.1) is 12.1 Å². The Labute approximate surface area is 96.2 Å². The van der Waals surface area contributed by atoms with Gasteiger partial charge in [-0.25, -0.2) is 0 Å². The quantitative estimate of drug-likeness (QED) is 0.367. The Balaban J connectivity index is 4.49. The first-order valence-electron chi connectivity index (χ1n) is 5.45. The van der Waals surface area contributed by atoms with Crippen LogP contribution in [0.2, 0.25) is 0 Å². The molecule has 0 rings (SSSR count). The zero-order chi connectivity index (χ0) is 12.9. The molecule has 6 N–H and O–H groups in total. The van der Waals surface area contributed by atoms with E-state index in [1.807, 2.05) is 13.8 Å². The second kappa shape index (κ2) is 6.15. The highest BCUT2D eigenvalue weighted by Gasteiger charge is 2.37. The van der Waals surface area contributed by atoms with Gasteiger partial charge in [-0.15, -0.1) is 0 Å². The summed E-state index contributed by atoms with van der Waals surface area (Å²) < 4.78 is 0. The van der Waals surface area contributed by atoms with Crippen LogP contribution in [0.4, 0.5) is 0 Å². The largest absolute Gasteiger partial charge is 0.358 e. The predicted octanol–water partition coefficient (Wildman–Crippen LogP) is -1.28. The van der Waals surface area contributed by atoms with E-state index in [4.69, 9.17) is 5.73 Å². The van der Waals surface area contributed by atoms with Crippen LogP contribution in [0.3, 0.4) is 0 Å². The molecular formula is C10H23N3O3. The molecule has 0 radical (unpaired) electrons. The number of hydrogen-bond donors (Lipinski definition) is 5. The van der Waals surface area contributed by atoms with Gasteiger partial charge in [0.25, 0.3) is 0 Å². The fourth-order valence-corrected chi connectivity index (χ4v) is 1.35. The Morgan fingerprint density at radius 1 is 1.44 bits per heavy atom. The highest BCUT2D eigenvalue weighted by molar-refractivity contribution is 5.80. The van der Waals surface area contributed by atoms with Crippen molar-refractivity contribution in [1.29, 1.82) is 0 Å². The minimum Gasteiger partial charge on any atom is -0.358 e. The molecule has 0 heterocycles. The lowest BCUT2D eigenvalue weighted by atomic mass is 9.96. The Kier molecular flexibility index (Phi) is 5.88. The van der Waals surface area contributed by atoms with Gasteiger partial charge in [-0.2, -0.15) is 0 Å². The van der Waals surface area contributed by atoms with E-state index in [-0.39, 0.29) is 11.8 Å². The number of nitrogens with one attached hydrogen (secondary N) is 2. The van der Waals surface area contributed by atoms with Crippen molar-refractivity contribution in [1.82, 2.24) is 10.6 Å². The zero-order valence-corrected chi connectivity index (χ0v) is 10.3. The zero-order valence-electron chi connectivity index (χ0n) is 10.3. The number of amides is 1. The summed E-state index contributed by atoms with van der Waals surface area (Å²) in [6, 6.07) is -1.58. The van der Waals surface area contributed by atoms with Gasteiger partial charge in [0, 0.05) is 7.05 Å². The minimum absolute atomic E-state index is 0.0700. The summed E-state index contributed by atoms with van der Waals surface area (Å²) in [6.45, 7) is 5.25. The van der Waals surface area contributed by atoms with Crippen molar-refractivity contribution in [2.45, 2.75) is 45.2 Å². The number of rotatable bonds is 6. The van der Waals surface area contributed by atoms with Crippen molar-refractivity contribution in [3.8, 4) is 0 Å². The van der Waals surface area contributed by atoms with Gasteiger partial charge >= 0.3 is 0 Å². The SMILES string of the molecule is CC[C@H](C)[C@H](N)C(O)(O)N[C@@H](C)C(=O)NC. The van der Waals surface area contributed by atoms with Gasteiger partial charge in [0.1, 0.15) is 0 Å². The minimum atomic E-state index is -2.25. The molecule has 0 aromatic rings. The fourth-order valence-electron chi connectivity index (χ4n) is 1.35. The molecule has 0 aromatic carbocycles. The molecule has 0 bridgehead atoms. The predicted molar refractivity (Wildman–Crippen MR) is 61.3 cm³/mol. The van der Waals surface area contributed by atoms with Crippen molar-refractivity contribution >= 4 is 5.91 Å². The van der Waals surface area contributed by atoms with Crippen LogP contribution >= 0.6 is 0 Å². The first-order valence-corrected chi connectivity index (χ1v) is 5.45. The van der Waals surface area contributed by atoms with Crippen molar-refractivity contribution in [2.75, 3.05) is 7.05 Å². The van der Waals surface area contributed by atoms with E-state index >= 15 is 0 Å². The van der Waals surface area contributed by atoms with Gasteiger partial charge in [0.2, 0.25) is 11.8 Å². The van der Waals surface area contributed by atoms with Crippen LogP contribution < -0.4 is 16.4 Å². The van der Waals surface area contributed by atoms with Crippen molar-refractivity contribution in [3.05, 3.63) is 0 Å². The highest BCUT2D eigenvalue weighted by atomic mass is 16.5. The Morgan fingerprint density at radius 2 is 1.94 bits per heavy atom. The maximum atomic E-state index is 11.2. The molecule has 0 saturated carbocycles. The molecule has 0 aliphatic rings. The lowest BCUT2D eigenvalue weighted by molar-refractivity contribution is -0.213. The average molecular weight is 233 g/mol. The molecule has 6 nitrogen and oxygen atoms in total. The first kappa shape index (κ1) is 15.3.